The van der Waals surface area contributed by atoms with Crippen LogP contribution in [0.3, 0.4) is 0 Å². The van der Waals surface area contributed by atoms with Crippen LogP contribution in [-0.4, -0.2) is 68.4 Å². The lowest BCUT2D eigenvalue weighted by atomic mass is 9.33. The maximum Gasteiger partial charge on any atom is 0.407 e. The van der Waals surface area contributed by atoms with Crippen LogP contribution in [-0.2, 0) is 44.7 Å². The molecule has 1 heterocycles. The smallest absolute Gasteiger partial charge is 0.407 e. The standard InChI is InChI=1S/C57H83ClN4O9/c1-33(2)43-38(64)31-57(45(68-34(3)63)47-61-60-46(35-17-19-36(58)20-18-35)62(47)30-29-59-49(67)71-51(7,8)9)28-27-55(15)37(44(43)57)21-22-40-54(14)25-24-41(53(12,13)39(54)23-26-56(40,55)16)69-42(65)32-52(10,11)48(66)70-50(4,5)6/h17-20,33,37,39-41,45H,21-32H2,1-16H3,(H,59,67)/t37-,39+,40-,41+,45+,54+,55-,56-,57-/m1/s1. The fourth-order valence-electron chi connectivity index (χ4n) is 14.9. The number of nitrogens with zero attached hydrogens (tertiary/aromatic N) is 3. The number of benzene rings is 1. The number of aromatic nitrogens is 3. The number of fused-ring (bicyclic) bond motifs is 7. The number of nitrogens with one attached hydrogen (secondary N) is 1. The van der Waals surface area contributed by atoms with Gasteiger partial charge in [-0.25, -0.2) is 4.79 Å². The molecule has 7 rings (SSSR count). The summed E-state index contributed by atoms with van der Waals surface area (Å²) in [6.07, 6.45) is 5.26. The summed E-state index contributed by atoms with van der Waals surface area (Å²) in [7, 11) is 0. The number of Topliss-reactive ketones (excluding diaryl/α,β-unsaturated/α-hetero) is 1. The van der Waals surface area contributed by atoms with Gasteiger partial charge in [0.05, 0.1) is 11.8 Å². The summed E-state index contributed by atoms with van der Waals surface area (Å²) in [5, 5.41) is 13.0. The van der Waals surface area contributed by atoms with Crippen molar-refractivity contribution in [2.75, 3.05) is 6.54 Å². The molecule has 1 aromatic heterocycles. The van der Waals surface area contributed by atoms with E-state index < -0.39 is 46.2 Å². The molecule has 0 saturated heterocycles. The quantitative estimate of drug-likeness (QED) is 0.159. The summed E-state index contributed by atoms with van der Waals surface area (Å²) in [5.41, 5.74) is -1.18. The highest BCUT2D eigenvalue weighted by Gasteiger charge is 2.71. The topological polar surface area (TPSA) is 165 Å². The van der Waals surface area contributed by atoms with Gasteiger partial charge in [-0.05, 0) is 182 Å². The minimum Gasteiger partial charge on any atom is -0.462 e. The number of halogens is 1. The molecule has 5 aliphatic rings. The predicted octanol–water partition coefficient (Wildman–Crippen LogP) is 12.4. The molecule has 14 heteroatoms. The number of carbonyl (C=O) groups excluding carboxylic acids is 5. The molecular formula is C57H83ClN4O9. The Morgan fingerprint density at radius 1 is 0.817 bits per heavy atom. The molecule has 5 aliphatic carbocycles. The fraction of sp³-hybridized carbons (Fsp3) is 0.737. The molecule has 1 N–H and O–H groups in total. The van der Waals surface area contributed by atoms with Crippen LogP contribution in [0.1, 0.15) is 187 Å². The third-order valence-electron chi connectivity index (χ3n) is 18.1. The van der Waals surface area contributed by atoms with Crippen LogP contribution in [0.2, 0.25) is 5.02 Å². The van der Waals surface area contributed by atoms with Crippen LogP contribution < -0.4 is 5.32 Å². The molecule has 1 amide bonds. The molecule has 9 atom stereocenters. The number of ketones is 1. The number of allylic oxidation sites excluding steroid dienone is 1. The second-order valence-corrected chi connectivity index (χ2v) is 26.6. The summed E-state index contributed by atoms with van der Waals surface area (Å²) in [5.74, 6) is 0.425. The maximum absolute atomic E-state index is 14.9. The van der Waals surface area contributed by atoms with Gasteiger partial charge in [-0.2, -0.15) is 0 Å². The molecule has 4 saturated carbocycles. The van der Waals surface area contributed by atoms with E-state index in [1.165, 1.54) is 6.92 Å². The molecule has 0 spiro atoms. The van der Waals surface area contributed by atoms with E-state index in [0.29, 0.717) is 34.9 Å². The molecule has 0 bridgehead atoms. The molecule has 0 unspecified atom stereocenters. The Morgan fingerprint density at radius 2 is 1.46 bits per heavy atom. The third-order valence-corrected chi connectivity index (χ3v) is 18.4. The van der Waals surface area contributed by atoms with E-state index in [9.17, 15) is 24.0 Å². The maximum atomic E-state index is 14.9. The van der Waals surface area contributed by atoms with Gasteiger partial charge in [0.15, 0.2) is 23.5 Å². The Kier molecular flexibility index (Phi) is 14.5. The SMILES string of the molecule is CC(=O)O[C@@H](c1nnc(-c2ccc(Cl)cc2)n1CCNC(=O)OC(C)(C)C)[C@@]12CC[C@]3(C)[C@H](CC[C@@H]4[C@@]5(C)CC[C@H](OC(=O)CC(C)(C)C(=O)OC(C)(C)C)C(C)(C)[C@@H]5CC[C@]43C)C1=C(C(C)C)C(=O)C2. The Labute approximate surface area is 428 Å². The van der Waals surface area contributed by atoms with Crippen molar-refractivity contribution in [3.63, 3.8) is 0 Å². The molecule has 0 radical (unpaired) electrons. The number of esters is 3. The Balaban J connectivity index is 1.23. The van der Waals surface area contributed by atoms with E-state index in [-0.39, 0.29) is 77.3 Å². The monoisotopic (exact) mass is 1000 g/mol. The van der Waals surface area contributed by atoms with Crippen molar-refractivity contribution < 1.29 is 42.9 Å². The Morgan fingerprint density at radius 3 is 2.07 bits per heavy atom. The third kappa shape index (κ3) is 9.96. The van der Waals surface area contributed by atoms with Gasteiger partial charge in [-0.3, -0.25) is 19.2 Å². The molecular weight excluding hydrogens is 920 g/mol. The van der Waals surface area contributed by atoms with Gasteiger partial charge >= 0.3 is 24.0 Å². The van der Waals surface area contributed by atoms with Crippen LogP contribution >= 0.6 is 11.6 Å². The largest absolute Gasteiger partial charge is 0.462 e. The van der Waals surface area contributed by atoms with Crippen LogP contribution in [0.5, 0.6) is 0 Å². The van der Waals surface area contributed by atoms with Gasteiger partial charge in [0, 0.05) is 47.9 Å². The highest BCUT2D eigenvalue weighted by Crippen LogP contribution is 2.78. The number of amides is 1. The van der Waals surface area contributed by atoms with E-state index >= 15 is 0 Å². The zero-order chi connectivity index (χ0) is 52.7. The van der Waals surface area contributed by atoms with E-state index in [1.54, 1.807) is 26.0 Å². The highest BCUT2D eigenvalue weighted by atomic mass is 35.5. The van der Waals surface area contributed by atoms with E-state index in [2.05, 4.69) is 53.8 Å². The minimum absolute atomic E-state index is 0.0409. The predicted molar refractivity (Wildman–Crippen MR) is 273 cm³/mol. The van der Waals surface area contributed by atoms with Crippen LogP contribution in [0, 0.1) is 56.2 Å². The summed E-state index contributed by atoms with van der Waals surface area (Å²) >= 11 is 6.35. The normalized spacial score (nSPS) is 30.9. The lowest BCUT2D eigenvalue weighted by Gasteiger charge is -2.72. The molecule has 71 heavy (non-hydrogen) atoms. The van der Waals surface area contributed by atoms with Crippen molar-refractivity contribution in [1.29, 1.82) is 0 Å². The van der Waals surface area contributed by atoms with Gasteiger partial charge < -0.3 is 28.8 Å². The minimum atomic E-state index is -1.03. The van der Waals surface area contributed by atoms with Gasteiger partial charge in [-0.15, -0.1) is 10.2 Å². The molecule has 0 aliphatic heterocycles. The van der Waals surface area contributed by atoms with Crippen molar-refractivity contribution >= 4 is 41.4 Å². The lowest BCUT2D eigenvalue weighted by molar-refractivity contribution is -0.236. The van der Waals surface area contributed by atoms with E-state index in [1.807, 2.05) is 58.2 Å². The van der Waals surface area contributed by atoms with Crippen molar-refractivity contribution in [2.24, 2.45) is 56.2 Å². The van der Waals surface area contributed by atoms with Gasteiger partial charge in [0.2, 0.25) is 0 Å². The zero-order valence-corrected chi connectivity index (χ0v) is 46.4. The summed E-state index contributed by atoms with van der Waals surface area (Å²) < 4.78 is 26.1. The number of rotatable bonds is 12. The first-order chi connectivity index (χ1) is 32.7. The van der Waals surface area contributed by atoms with E-state index in [0.717, 1.165) is 61.7 Å². The molecule has 13 nitrogen and oxygen atoms in total. The van der Waals surface area contributed by atoms with Gasteiger partial charge in [0.1, 0.15) is 17.3 Å². The van der Waals surface area contributed by atoms with Crippen molar-refractivity contribution in [3.8, 4) is 11.4 Å². The first-order valence-corrected chi connectivity index (χ1v) is 26.6. The number of hydrogen-bond donors (Lipinski definition) is 1. The van der Waals surface area contributed by atoms with Crippen molar-refractivity contribution in [1.82, 2.24) is 20.1 Å². The van der Waals surface area contributed by atoms with Crippen LogP contribution in [0.25, 0.3) is 11.4 Å². The number of carbonyl (C=O) groups is 5. The first-order valence-electron chi connectivity index (χ1n) is 26.2. The average molecular weight is 1000 g/mol. The van der Waals surface area contributed by atoms with Crippen LogP contribution in [0.4, 0.5) is 4.79 Å². The van der Waals surface area contributed by atoms with Gasteiger partial charge in [0.25, 0.3) is 0 Å². The number of alkyl carbamates (subject to hydrolysis) is 1. The van der Waals surface area contributed by atoms with Crippen molar-refractivity contribution in [2.45, 2.75) is 205 Å². The number of hydrogen-bond acceptors (Lipinski definition) is 11. The van der Waals surface area contributed by atoms with Gasteiger partial charge in [-0.1, -0.05) is 60.1 Å². The number of ether oxygens (including phenoxy) is 4. The Bertz CT molecular complexity index is 2440. The molecule has 4 fully saturated rings. The molecule has 1 aromatic carbocycles. The first kappa shape index (κ1) is 54.5. The van der Waals surface area contributed by atoms with Crippen molar-refractivity contribution in [3.05, 3.63) is 46.3 Å². The lowest BCUT2D eigenvalue weighted by Crippen LogP contribution is -2.66. The Hall–Kier alpha value is -4.26. The summed E-state index contributed by atoms with van der Waals surface area (Å²) in [6, 6.07) is 7.30. The average Bonchev–Trinajstić information content (AvgIpc) is 3.78. The second kappa shape index (κ2) is 18.9. The zero-order valence-electron chi connectivity index (χ0n) is 45.7. The fourth-order valence-corrected chi connectivity index (χ4v) is 15.1. The highest BCUT2D eigenvalue weighted by molar-refractivity contribution is 6.30. The molecule has 2 aromatic rings. The summed E-state index contributed by atoms with van der Waals surface area (Å²) in [4.78, 5) is 68.1. The van der Waals surface area contributed by atoms with E-state index in [4.69, 9.17) is 40.7 Å². The summed E-state index contributed by atoms with van der Waals surface area (Å²) in [6.45, 7) is 32.5. The van der Waals surface area contributed by atoms with Crippen LogP contribution in [0.15, 0.2) is 35.4 Å². The second-order valence-electron chi connectivity index (χ2n) is 26.2. The molecule has 392 valence electrons.